The number of rotatable bonds is 5. The molecule has 0 atom stereocenters. The number of amidine groups is 1. The van der Waals surface area contributed by atoms with Crippen LogP contribution in [0, 0.1) is 5.41 Å². The molecule has 0 amide bonds. The van der Waals surface area contributed by atoms with Crippen molar-refractivity contribution in [1.29, 1.82) is 5.41 Å². The zero-order chi connectivity index (χ0) is 12.1. The lowest BCUT2D eigenvalue weighted by molar-refractivity contribution is -0.138. The van der Waals surface area contributed by atoms with Crippen LogP contribution in [0.5, 0.6) is 0 Å². The van der Waals surface area contributed by atoms with E-state index >= 15 is 0 Å². The van der Waals surface area contributed by atoms with Gasteiger partial charge in [-0.3, -0.25) is 10.2 Å². The normalized spacial score (nSPS) is 11.2. The van der Waals surface area contributed by atoms with Crippen molar-refractivity contribution in [2.45, 2.75) is 52.5 Å². The van der Waals surface area contributed by atoms with Crippen LogP contribution in [0.1, 0.15) is 47.0 Å². The average Bonchev–Trinajstić information content (AvgIpc) is 2.08. The monoisotopic (exact) mass is 214 g/mol. The molecule has 0 saturated heterocycles. The molecule has 0 unspecified atom stereocenters. The van der Waals surface area contributed by atoms with Crippen molar-refractivity contribution in [3.8, 4) is 0 Å². The van der Waals surface area contributed by atoms with Crippen molar-refractivity contribution in [2.24, 2.45) is 0 Å². The maximum Gasteiger partial charge on any atom is 0.323 e. The van der Waals surface area contributed by atoms with Crippen molar-refractivity contribution in [1.82, 2.24) is 4.90 Å². The maximum absolute atomic E-state index is 10.7. The number of unbranched alkanes of at least 4 members (excludes halogenated alkanes) is 1. The van der Waals surface area contributed by atoms with Crippen LogP contribution in [0.2, 0.25) is 0 Å². The Balaban J connectivity index is 4.49. The first-order valence-corrected chi connectivity index (χ1v) is 5.36. The van der Waals surface area contributed by atoms with Crippen LogP contribution >= 0.6 is 0 Å². The fourth-order valence-corrected chi connectivity index (χ4v) is 1.35. The largest absolute Gasteiger partial charge is 0.480 e. The minimum atomic E-state index is -0.883. The summed E-state index contributed by atoms with van der Waals surface area (Å²) in [4.78, 5) is 12.3. The Morgan fingerprint density at radius 3 is 2.27 bits per heavy atom. The summed E-state index contributed by atoms with van der Waals surface area (Å²) < 4.78 is 0. The van der Waals surface area contributed by atoms with Gasteiger partial charge in [-0.2, -0.15) is 0 Å². The molecule has 0 radical (unpaired) electrons. The zero-order valence-electron chi connectivity index (χ0n) is 10.1. The van der Waals surface area contributed by atoms with Gasteiger partial charge in [-0.1, -0.05) is 13.3 Å². The molecule has 15 heavy (non-hydrogen) atoms. The predicted molar refractivity (Wildman–Crippen MR) is 61.3 cm³/mol. The maximum atomic E-state index is 10.7. The molecule has 0 saturated carbocycles. The highest BCUT2D eigenvalue weighted by Gasteiger charge is 2.25. The van der Waals surface area contributed by atoms with Crippen LogP contribution in [-0.4, -0.2) is 33.9 Å². The van der Waals surface area contributed by atoms with E-state index in [1.165, 1.54) is 0 Å². The smallest absolute Gasteiger partial charge is 0.323 e. The molecular weight excluding hydrogens is 192 g/mol. The first kappa shape index (κ1) is 13.9. The molecule has 0 bridgehead atoms. The molecule has 0 aliphatic heterocycles. The lowest BCUT2D eigenvalue weighted by Gasteiger charge is -2.36. The summed E-state index contributed by atoms with van der Waals surface area (Å²) in [6.45, 7) is 7.75. The summed E-state index contributed by atoms with van der Waals surface area (Å²) >= 11 is 0. The Hall–Kier alpha value is -1.06. The number of hydrogen-bond acceptors (Lipinski definition) is 2. The molecule has 4 nitrogen and oxygen atoms in total. The van der Waals surface area contributed by atoms with Gasteiger partial charge in [0, 0.05) is 12.0 Å². The zero-order valence-corrected chi connectivity index (χ0v) is 10.1. The number of carboxylic acids is 1. The molecule has 0 fully saturated rings. The number of nitrogens with zero attached hydrogens (tertiary/aromatic N) is 1. The first-order valence-electron chi connectivity index (χ1n) is 5.36. The van der Waals surface area contributed by atoms with E-state index in [1.54, 1.807) is 4.90 Å². The molecule has 0 aromatic rings. The Morgan fingerprint density at radius 1 is 1.40 bits per heavy atom. The van der Waals surface area contributed by atoms with E-state index < -0.39 is 5.97 Å². The molecule has 2 N–H and O–H groups in total. The topological polar surface area (TPSA) is 64.4 Å². The predicted octanol–water partition coefficient (Wildman–Crippen LogP) is 2.34. The van der Waals surface area contributed by atoms with Crippen molar-refractivity contribution >= 4 is 11.8 Å². The second-order valence-electron chi connectivity index (χ2n) is 4.70. The van der Waals surface area contributed by atoms with Crippen molar-refractivity contribution < 1.29 is 9.90 Å². The van der Waals surface area contributed by atoms with Gasteiger partial charge < -0.3 is 10.0 Å². The fraction of sp³-hybridized carbons (Fsp3) is 0.818. The number of aliphatic carboxylic acids is 1. The molecule has 0 rings (SSSR count). The van der Waals surface area contributed by atoms with Gasteiger partial charge in [0.2, 0.25) is 0 Å². The van der Waals surface area contributed by atoms with Gasteiger partial charge >= 0.3 is 5.97 Å². The summed E-state index contributed by atoms with van der Waals surface area (Å²) in [5.41, 5.74) is -0.302. The molecule has 0 heterocycles. The third-order valence-electron chi connectivity index (χ3n) is 2.20. The third-order valence-corrected chi connectivity index (χ3v) is 2.20. The summed E-state index contributed by atoms with van der Waals surface area (Å²) in [6.07, 6.45) is 2.61. The van der Waals surface area contributed by atoms with Crippen molar-refractivity contribution in [3.63, 3.8) is 0 Å². The van der Waals surface area contributed by atoms with Crippen LogP contribution in [0.15, 0.2) is 0 Å². The van der Waals surface area contributed by atoms with E-state index in [9.17, 15) is 4.79 Å². The highest BCUT2D eigenvalue weighted by Crippen LogP contribution is 2.15. The lowest BCUT2D eigenvalue weighted by atomic mass is 10.0. The minimum absolute atomic E-state index is 0.0912. The Kier molecular flexibility index (Phi) is 5.33. The SMILES string of the molecule is CCCCC(=N)N(CC(=O)O)C(C)(C)C. The van der Waals surface area contributed by atoms with Crippen molar-refractivity contribution in [3.05, 3.63) is 0 Å². The van der Waals surface area contributed by atoms with E-state index in [0.717, 1.165) is 12.8 Å². The molecule has 0 aliphatic carbocycles. The van der Waals surface area contributed by atoms with Crippen LogP contribution < -0.4 is 0 Å². The van der Waals surface area contributed by atoms with Gasteiger partial charge in [-0.15, -0.1) is 0 Å². The molecule has 4 heteroatoms. The third kappa shape index (κ3) is 5.40. The van der Waals surface area contributed by atoms with Crippen LogP contribution in [0.3, 0.4) is 0 Å². The highest BCUT2D eigenvalue weighted by atomic mass is 16.4. The fourth-order valence-electron chi connectivity index (χ4n) is 1.35. The average molecular weight is 214 g/mol. The van der Waals surface area contributed by atoms with Gasteiger partial charge in [-0.05, 0) is 27.2 Å². The quantitative estimate of drug-likeness (QED) is 0.545. The van der Waals surface area contributed by atoms with Gasteiger partial charge in [0.25, 0.3) is 0 Å². The number of hydrogen-bond donors (Lipinski definition) is 2. The Labute approximate surface area is 91.8 Å². The minimum Gasteiger partial charge on any atom is -0.480 e. The van der Waals surface area contributed by atoms with Crippen LogP contribution in [0.4, 0.5) is 0 Å². The molecule has 88 valence electrons. The second kappa shape index (κ2) is 5.73. The highest BCUT2D eigenvalue weighted by molar-refractivity contribution is 5.84. The summed E-state index contributed by atoms with van der Waals surface area (Å²) in [6, 6.07) is 0. The molecule has 0 aliphatic rings. The molecule has 0 spiro atoms. The van der Waals surface area contributed by atoms with E-state index in [4.69, 9.17) is 10.5 Å². The lowest BCUT2D eigenvalue weighted by Crippen LogP contribution is -2.47. The van der Waals surface area contributed by atoms with Gasteiger partial charge in [-0.25, -0.2) is 0 Å². The standard InChI is InChI=1S/C11H22N2O2/c1-5-6-7-9(12)13(8-10(14)15)11(2,3)4/h12H,5-8H2,1-4H3,(H,14,15). The Morgan fingerprint density at radius 2 is 1.93 bits per heavy atom. The number of carboxylic acid groups (broad SMARTS) is 1. The van der Waals surface area contributed by atoms with E-state index in [1.807, 2.05) is 20.8 Å². The molecular formula is C11H22N2O2. The summed E-state index contributed by atoms with van der Waals surface area (Å²) in [5, 5.41) is 16.6. The van der Waals surface area contributed by atoms with Gasteiger partial charge in [0.1, 0.15) is 6.54 Å². The molecule has 0 aromatic carbocycles. The van der Waals surface area contributed by atoms with E-state index in [2.05, 4.69) is 6.92 Å². The van der Waals surface area contributed by atoms with E-state index in [-0.39, 0.29) is 12.1 Å². The van der Waals surface area contributed by atoms with E-state index in [0.29, 0.717) is 12.3 Å². The Bertz CT molecular complexity index is 231. The number of carbonyl (C=O) groups is 1. The molecule has 0 aromatic heterocycles. The second-order valence-corrected chi connectivity index (χ2v) is 4.70. The summed E-state index contributed by atoms with van der Waals surface area (Å²) in [5.74, 6) is -0.460. The van der Waals surface area contributed by atoms with Gasteiger partial charge in [0.05, 0.1) is 5.84 Å². The number of nitrogens with one attached hydrogen (secondary N) is 1. The first-order chi connectivity index (χ1) is 6.79. The van der Waals surface area contributed by atoms with Crippen molar-refractivity contribution in [2.75, 3.05) is 6.54 Å². The van der Waals surface area contributed by atoms with Crippen LogP contribution in [-0.2, 0) is 4.79 Å². The van der Waals surface area contributed by atoms with Crippen LogP contribution in [0.25, 0.3) is 0 Å². The summed E-state index contributed by atoms with van der Waals surface area (Å²) in [7, 11) is 0. The van der Waals surface area contributed by atoms with Gasteiger partial charge in [0.15, 0.2) is 0 Å².